The molecule has 1 N–H and O–H groups in total. The van der Waals surface area contributed by atoms with E-state index in [0.29, 0.717) is 11.4 Å². The normalized spacial score (nSPS) is 21.3. The van der Waals surface area contributed by atoms with Crippen molar-refractivity contribution in [2.75, 3.05) is 12.3 Å². The molecule has 1 fully saturated rings. The fourth-order valence-corrected chi connectivity index (χ4v) is 2.59. The van der Waals surface area contributed by atoms with Crippen molar-refractivity contribution in [3.05, 3.63) is 30.1 Å². The van der Waals surface area contributed by atoms with Crippen molar-refractivity contribution in [3.8, 4) is 0 Å². The zero-order valence-electron chi connectivity index (χ0n) is 8.31. The lowest BCUT2D eigenvalue weighted by Gasteiger charge is -2.07. The van der Waals surface area contributed by atoms with Gasteiger partial charge in [-0.2, -0.15) is 0 Å². The molecule has 2 rings (SSSR count). The summed E-state index contributed by atoms with van der Waals surface area (Å²) in [5.74, 6) is -0.241. The second-order valence-corrected chi connectivity index (χ2v) is 4.87. The first kappa shape index (κ1) is 11.1. The number of hydrogen-bond donors (Lipinski definition) is 1. The van der Waals surface area contributed by atoms with Crippen LogP contribution in [0.4, 0.5) is 9.18 Å². The van der Waals surface area contributed by atoms with Crippen LogP contribution in [-0.2, 0) is 15.5 Å². The number of halogens is 1. The van der Waals surface area contributed by atoms with Crippen LogP contribution in [0, 0.1) is 5.82 Å². The number of carbonyl (C=O) groups excluding carboxylic acids is 1. The summed E-state index contributed by atoms with van der Waals surface area (Å²) < 4.78 is 29.5. The molecule has 2 atom stereocenters. The predicted octanol–water partition coefficient (Wildman–Crippen LogP) is 1.04. The smallest absolute Gasteiger partial charge is 0.407 e. The summed E-state index contributed by atoms with van der Waals surface area (Å²) in [5.41, 5.74) is 0. The first-order chi connectivity index (χ1) is 7.65. The molecule has 2 unspecified atom stereocenters. The van der Waals surface area contributed by atoms with Gasteiger partial charge in [-0.1, -0.05) is 6.07 Å². The Bertz CT molecular complexity index is 438. The van der Waals surface area contributed by atoms with Gasteiger partial charge in [0.05, 0.1) is 23.1 Å². The molecule has 0 spiro atoms. The van der Waals surface area contributed by atoms with E-state index in [1.165, 1.54) is 18.2 Å². The Kier molecular flexibility index (Phi) is 3.19. The molecule has 0 saturated carbocycles. The van der Waals surface area contributed by atoms with Gasteiger partial charge in [-0.25, -0.2) is 9.18 Å². The molecular weight excluding hydrogens is 233 g/mol. The summed E-state index contributed by atoms with van der Waals surface area (Å²) in [6.07, 6.45) is -0.905. The zero-order chi connectivity index (χ0) is 11.5. The maximum atomic E-state index is 12.9. The molecule has 1 saturated heterocycles. The lowest BCUT2D eigenvalue weighted by molar-refractivity contribution is 0.150. The summed E-state index contributed by atoms with van der Waals surface area (Å²) in [5, 5.41) is 2.47. The lowest BCUT2D eigenvalue weighted by Crippen LogP contribution is -2.21. The van der Waals surface area contributed by atoms with Crippen LogP contribution in [0.5, 0.6) is 0 Å². The van der Waals surface area contributed by atoms with E-state index in [9.17, 15) is 13.4 Å². The summed E-state index contributed by atoms with van der Waals surface area (Å²) in [6, 6.07) is 5.60. The van der Waals surface area contributed by atoms with E-state index in [4.69, 9.17) is 4.74 Å². The highest BCUT2D eigenvalue weighted by Gasteiger charge is 2.24. The van der Waals surface area contributed by atoms with Crippen LogP contribution in [0.1, 0.15) is 0 Å². The van der Waals surface area contributed by atoms with Crippen LogP contribution < -0.4 is 5.32 Å². The second kappa shape index (κ2) is 4.61. The SMILES string of the molecule is O=C1NCC(CS(=O)c2cccc(F)c2)O1. The van der Waals surface area contributed by atoms with Crippen molar-refractivity contribution in [1.82, 2.24) is 5.32 Å². The van der Waals surface area contributed by atoms with Gasteiger partial charge in [0.2, 0.25) is 0 Å². The summed E-state index contributed by atoms with van der Waals surface area (Å²) in [7, 11) is -1.36. The Morgan fingerprint density at radius 3 is 3.00 bits per heavy atom. The average Bonchev–Trinajstić information content (AvgIpc) is 2.64. The molecule has 1 amide bonds. The Morgan fingerprint density at radius 1 is 1.56 bits per heavy atom. The molecule has 1 aliphatic rings. The topological polar surface area (TPSA) is 55.4 Å². The molecule has 0 bridgehead atoms. The molecule has 6 heteroatoms. The van der Waals surface area contributed by atoms with Gasteiger partial charge < -0.3 is 10.1 Å². The molecule has 1 aliphatic heterocycles. The van der Waals surface area contributed by atoms with Gasteiger partial charge >= 0.3 is 6.09 Å². The highest BCUT2D eigenvalue weighted by Crippen LogP contribution is 2.12. The summed E-state index contributed by atoms with van der Waals surface area (Å²) in [4.78, 5) is 11.1. The molecule has 86 valence electrons. The third kappa shape index (κ3) is 2.57. The number of nitrogens with one attached hydrogen (secondary N) is 1. The van der Waals surface area contributed by atoms with Crippen molar-refractivity contribution in [2.24, 2.45) is 0 Å². The molecule has 4 nitrogen and oxygen atoms in total. The van der Waals surface area contributed by atoms with E-state index in [2.05, 4.69) is 5.32 Å². The number of ether oxygens (including phenoxy) is 1. The number of alkyl carbamates (subject to hydrolysis) is 1. The third-order valence-electron chi connectivity index (χ3n) is 2.14. The minimum atomic E-state index is -1.36. The highest BCUT2D eigenvalue weighted by atomic mass is 32.2. The molecule has 0 aliphatic carbocycles. The molecule has 1 aromatic carbocycles. The Hall–Kier alpha value is -1.43. The fourth-order valence-electron chi connectivity index (χ4n) is 1.40. The van der Waals surface area contributed by atoms with Crippen LogP contribution >= 0.6 is 0 Å². The molecule has 0 aromatic heterocycles. The Balaban J connectivity index is 2.00. The molecule has 0 radical (unpaired) electrons. The standard InChI is InChI=1S/C10H10FNO3S/c11-7-2-1-3-9(4-7)16(14)6-8-5-12-10(13)15-8/h1-4,8H,5-6H2,(H,12,13). The van der Waals surface area contributed by atoms with Gasteiger partial charge in [0.25, 0.3) is 0 Å². The molecule has 1 heterocycles. The lowest BCUT2D eigenvalue weighted by atomic mass is 10.3. The monoisotopic (exact) mass is 243 g/mol. The summed E-state index contributed by atoms with van der Waals surface area (Å²) >= 11 is 0. The van der Waals surface area contributed by atoms with Crippen LogP contribution in [0.2, 0.25) is 0 Å². The maximum Gasteiger partial charge on any atom is 0.407 e. The maximum absolute atomic E-state index is 12.9. The number of benzene rings is 1. The van der Waals surface area contributed by atoms with Crippen molar-refractivity contribution in [2.45, 2.75) is 11.0 Å². The predicted molar refractivity (Wildman–Crippen MR) is 55.9 cm³/mol. The van der Waals surface area contributed by atoms with Crippen LogP contribution in [0.25, 0.3) is 0 Å². The van der Waals surface area contributed by atoms with Crippen molar-refractivity contribution >= 4 is 16.9 Å². The average molecular weight is 243 g/mol. The van der Waals surface area contributed by atoms with E-state index in [-0.39, 0.29) is 5.75 Å². The van der Waals surface area contributed by atoms with Gasteiger partial charge in [-0.15, -0.1) is 0 Å². The van der Waals surface area contributed by atoms with Crippen molar-refractivity contribution in [3.63, 3.8) is 0 Å². The van der Waals surface area contributed by atoms with E-state index in [1.54, 1.807) is 6.07 Å². The van der Waals surface area contributed by atoms with Crippen molar-refractivity contribution in [1.29, 1.82) is 0 Å². The van der Waals surface area contributed by atoms with Gasteiger partial charge in [-0.05, 0) is 18.2 Å². The second-order valence-electron chi connectivity index (χ2n) is 3.38. The van der Waals surface area contributed by atoms with Gasteiger partial charge in [0, 0.05) is 4.90 Å². The van der Waals surface area contributed by atoms with Gasteiger partial charge in [-0.3, -0.25) is 4.21 Å². The van der Waals surface area contributed by atoms with Gasteiger partial charge in [0.1, 0.15) is 11.9 Å². The van der Waals surface area contributed by atoms with Gasteiger partial charge in [0.15, 0.2) is 0 Å². The molecule has 1 aromatic rings. The molecule has 16 heavy (non-hydrogen) atoms. The number of rotatable bonds is 3. The van der Waals surface area contributed by atoms with E-state index in [1.807, 2.05) is 0 Å². The van der Waals surface area contributed by atoms with Crippen molar-refractivity contribution < 1.29 is 18.1 Å². The van der Waals surface area contributed by atoms with E-state index >= 15 is 0 Å². The third-order valence-corrected chi connectivity index (χ3v) is 3.60. The van der Waals surface area contributed by atoms with Crippen LogP contribution in [0.3, 0.4) is 0 Å². The Morgan fingerprint density at radius 2 is 2.38 bits per heavy atom. The van der Waals surface area contributed by atoms with Crippen LogP contribution in [-0.4, -0.2) is 28.7 Å². The zero-order valence-corrected chi connectivity index (χ0v) is 9.13. The molecular formula is C10H10FNO3S. The highest BCUT2D eigenvalue weighted by molar-refractivity contribution is 7.85. The number of hydrogen-bond acceptors (Lipinski definition) is 3. The first-order valence-electron chi connectivity index (χ1n) is 4.73. The van der Waals surface area contributed by atoms with Crippen LogP contribution in [0.15, 0.2) is 29.2 Å². The first-order valence-corrected chi connectivity index (χ1v) is 6.05. The number of carbonyl (C=O) groups is 1. The fraction of sp³-hybridized carbons (Fsp3) is 0.300. The minimum Gasteiger partial charge on any atom is -0.443 e. The quantitative estimate of drug-likeness (QED) is 0.863. The largest absolute Gasteiger partial charge is 0.443 e. The Labute approximate surface area is 94.3 Å². The number of amides is 1. The number of cyclic esters (lactones) is 1. The minimum absolute atomic E-state index is 0.183. The van der Waals surface area contributed by atoms with E-state index < -0.39 is 28.8 Å². The van der Waals surface area contributed by atoms with E-state index in [0.717, 1.165) is 0 Å². The summed E-state index contributed by atoms with van der Waals surface area (Å²) in [6.45, 7) is 0.347.